The van der Waals surface area contributed by atoms with Crippen LogP contribution in [0.4, 0.5) is 5.82 Å². The van der Waals surface area contributed by atoms with Crippen LogP contribution in [-0.4, -0.2) is 38.0 Å². The van der Waals surface area contributed by atoms with Gasteiger partial charge in [0.25, 0.3) is 0 Å². The minimum absolute atomic E-state index is 0.0618. The van der Waals surface area contributed by atoms with Gasteiger partial charge in [0.15, 0.2) is 0 Å². The molecule has 0 aliphatic heterocycles. The molecule has 1 amide bonds. The van der Waals surface area contributed by atoms with Gasteiger partial charge in [-0.1, -0.05) is 0 Å². The van der Waals surface area contributed by atoms with Crippen LogP contribution in [0.3, 0.4) is 0 Å². The van der Waals surface area contributed by atoms with E-state index in [1.165, 1.54) is 10.9 Å². The van der Waals surface area contributed by atoms with Crippen molar-refractivity contribution >= 4 is 17.7 Å². The van der Waals surface area contributed by atoms with Crippen molar-refractivity contribution in [2.75, 3.05) is 11.9 Å². The number of aromatic nitrogens is 4. The number of nitrogens with zero attached hydrogens (tertiary/aromatic N) is 4. The minimum Gasteiger partial charge on any atom is -0.462 e. The topological polar surface area (TPSA) is 91.0 Å². The maximum Gasteiger partial charge on any atom is 0.343 e. The molecule has 0 aliphatic carbocycles. The molecule has 0 saturated heterocycles. The fourth-order valence-corrected chi connectivity index (χ4v) is 1.82. The number of hydrogen-bond acceptors (Lipinski definition) is 5. The number of carbonyl (C=O) groups excluding carboxylic acids is 2. The number of rotatable bonds is 5. The van der Waals surface area contributed by atoms with Gasteiger partial charge in [0.1, 0.15) is 17.9 Å². The summed E-state index contributed by atoms with van der Waals surface area (Å²) in [6.07, 6.45) is 2.99. The molecule has 8 nitrogen and oxygen atoms in total. The highest BCUT2D eigenvalue weighted by Crippen LogP contribution is 2.15. The van der Waals surface area contributed by atoms with Gasteiger partial charge in [-0.05, 0) is 19.9 Å². The van der Waals surface area contributed by atoms with Crippen molar-refractivity contribution in [1.29, 1.82) is 0 Å². The third kappa shape index (κ3) is 3.28. The van der Waals surface area contributed by atoms with Crippen LogP contribution in [0.1, 0.15) is 23.0 Å². The van der Waals surface area contributed by atoms with E-state index in [0.29, 0.717) is 5.82 Å². The number of anilines is 1. The molecule has 0 spiro atoms. The molecule has 0 fully saturated rings. The van der Waals surface area contributed by atoms with Gasteiger partial charge >= 0.3 is 5.97 Å². The van der Waals surface area contributed by atoms with Crippen LogP contribution in [0.15, 0.2) is 18.5 Å². The lowest BCUT2D eigenvalue weighted by molar-refractivity contribution is -0.117. The standard InChI is InChI=1S/C13H17N5O3/c1-4-21-13(20)10-7-15-17(3)12(10)16-11(19)8-18-9(2)5-6-14-18/h5-7H,4,8H2,1-3H3,(H,16,19). The number of ether oxygens (including phenoxy) is 1. The van der Waals surface area contributed by atoms with Gasteiger partial charge in [-0.2, -0.15) is 10.2 Å². The zero-order valence-electron chi connectivity index (χ0n) is 12.2. The molecule has 0 aromatic carbocycles. The first kappa shape index (κ1) is 14.8. The molecule has 0 aliphatic rings. The van der Waals surface area contributed by atoms with E-state index in [2.05, 4.69) is 15.5 Å². The smallest absolute Gasteiger partial charge is 0.343 e. The average molecular weight is 291 g/mol. The van der Waals surface area contributed by atoms with Crippen molar-refractivity contribution in [2.45, 2.75) is 20.4 Å². The summed E-state index contributed by atoms with van der Waals surface area (Å²) in [7, 11) is 1.64. The van der Waals surface area contributed by atoms with Crippen LogP contribution in [0.2, 0.25) is 0 Å². The predicted octanol–water partition coefficient (Wildman–Crippen LogP) is 0.740. The number of nitrogens with one attached hydrogen (secondary N) is 1. The molecule has 8 heteroatoms. The Hall–Kier alpha value is -2.64. The van der Waals surface area contributed by atoms with Crippen molar-refractivity contribution in [3.05, 3.63) is 29.7 Å². The van der Waals surface area contributed by atoms with E-state index in [-0.39, 0.29) is 24.6 Å². The third-order valence-electron chi connectivity index (χ3n) is 2.91. The zero-order chi connectivity index (χ0) is 15.4. The van der Waals surface area contributed by atoms with E-state index in [0.717, 1.165) is 5.69 Å². The quantitative estimate of drug-likeness (QED) is 0.820. The molecule has 0 radical (unpaired) electrons. The first-order valence-corrected chi connectivity index (χ1v) is 6.50. The molecule has 2 rings (SSSR count). The van der Waals surface area contributed by atoms with Crippen LogP contribution in [0, 0.1) is 6.92 Å². The monoisotopic (exact) mass is 291 g/mol. The van der Waals surface area contributed by atoms with Crippen molar-refractivity contribution < 1.29 is 14.3 Å². The zero-order valence-corrected chi connectivity index (χ0v) is 12.2. The lowest BCUT2D eigenvalue weighted by Crippen LogP contribution is -2.23. The Bertz CT molecular complexity index is 659. The predicted molar refractivity (Wildman–Crippen MR) is 74.8 cm³/mol. The van der Waals surface area contributed by atoms with Crippen LogP contribution in [-0.2, 0) is 23.1 Å². The Morgan fingerprint density at radius 2 is 2.14 bits per heavy atom. The fraction of sp³-hybridized carbons (Fsp3) is 0.385. The van der Waals surface area contributed by atoms with Crippen LogP contribution in [0.5, 0.6) is 0 Å². The lowest BCUT2D eigenvalue weighted by atomic mass is 10.3. The molecule has 2 aromatic heterocycles. The molecule has 112 valence electrons. The Morgan fingerprint density at radius 1 is 1.38 bits per heavy atom. The maximum atomic E-state index is 12.0. The molecule has 0 unspecified atom stereocenters. The second-order valence-electron chi connectivity index (χ2n) is 4.43. The number of hydrogen-bond donors (Lipinski definition) is 1. The van der Waals surface area contributed by atoms with Gasteiger partial charge in [0.2, 0.25) is 5.91 Å². The average Bonchev–Trinajstić information content (AvgIpc) is 2.98. The number of carbonyl (C=O) groups is 2. The van der Waals surface area contributed by atoms with Gasteiger partial charge in [0.05, 0.1) is 12.8 Å². The van der Waals surface area contributed by atoms with E-state index in [9.17, 15) is 9.59 Å². The normalized spacial score (nSPS) is 10.4. The Morgan fingerprint density at radius 3 is 2.76 bits per heavy atom. The summed E-state index contributed by atoms with van der Waals surface area (Å²) in [6, 6.07) is 1.81. The molecule has 21 heavy (non-hydrogen) atoms. The summed E-state index contributed by atoms with van der Waals surface area (Å²) in [5, 5.41) is 10.7. The minimum atomic E-state index is -0.517. The molecule has 0 bridgehead atoms. The third-order valence-corrected chi connectivity index (χ3v) is 2.91. The first-order chi connectivity index (χ1) is 10.0. The van der Waals surface area contributed by atoms with Crippen LogP contribution in [0.25, 0.3) is 0 Å². The number of aryl methyl sites for hydroxylation is 2. The lowest BCUT2D eigenvalue weighted by Gasteiger charge is -2.09. The second-order valence-corrected chi connectivity index (χ2v) is 4.43. The van der Waals surface area contributed by atoms with Crippen molar-refractivity contribution in [3.8, 4) is 0 Å². The van der Waals surface area contributed by atoms with E-state index in [1.807, 2.05) is 6.92 Å². The molecular weight excluding hydrogens is 274 g/mol. The Labute approximate surface area is 121 Å². The van der Waals surface area contributed by atoms with E-state index >= 15 is 0 Å². The summed E-state index contributed by atoms with van der Waals surface area (Å²) in [5.41, 5.74) is 1.10. The number of amides is 1. The number of esters is 1. The largest absolute Gasteiger partial charge is 0.462 e. The van der Waals surface area contributed by atoms with Gasteiger partial charge in [-0.25, -0.2) is 4.79 Å². The molecule has 0 saturated carbocycles. The van der Waals surface area contributed by atoms with Crippen molar-refractivity contribution in [1.82, 2.24) is 19.6 Å². The highest BCUT2D eigenvalue weighted by atomic mass is 16.5. The summed E-state index contributed by atoms with van der Waals surface area (Å²) in [4.78, 5) is 23.8. The SMILES string of the molecule is CCOC(=O)c1cnn(C)c1NC(=O)Cn1nccc1C. The second kappa shape index (κ2) is 6.21. The Kier molecular flexibility index (Phi) is 4.36. The van der Waals surface area contributed by atoms with Crippen molar-refractivity contribution in [2.24, 2.45) is 7.05 Å². The molecule has 2 heterocycles. The highest BCUT2D eigenvalue weighted by Gasteiger charge is 2.19. The summed E-state index contributed by atoms with van der Waals surface area (Å²) in [6.45, 7) is 3.89. The molecule has 1 N–H and O–H groups in total. The fourth-order valence-electron chi connectivity index (χ4n) is 1.82. The van der Waals surface area contributed by atoms with Crippen LogP contribution < -0.4 is 5.32 Å². The maximum absolute atomic E-state index is 12.0. The summed E-state index contributed by atoms with van der Waals surface area (Å²) in [5.74, 6) is -0.504. The van der Waals surface area contributed by atoms with E-state index < -0.39 is 5.97 Å². The summed E-state index contributed by atoms with van der Waals surface area (Å²) >= 11 is 0. The van der Waals surface area contributed by atoms with Gasteiger partial charge in [0, 0.05) is 18.9 Å². The highest BCUT2D eigenvalue weighted by molar-refractivity contribution is 6.00. The Balaban J connectivity index is 2.12. The first-order valence-electron chi connectivity index (χ1n) is 6.50. The summed E-state index contributed by atoms with van der Waals surface area (Å²) < 4.78 is 7.91. The van der Waals surface area contributed by atoms with E-state index in [1.54, 1.807) is 30.9 Å². The van der Waals surface area contributed by atoms with Crippen molar-refractivity contribution in [3.63, 3.8) is 0 Å². The molecule has 0 atom stereocenters. The van der Waals surface area contributed by atoms with Gasteiger partial charge in [-0.15, -0.1) is 0 Å². The van der Waals surface area contributed by atoms with Gasteiger partial charge < -0.3 is 10.1 Å². The van der Waals surface area contributed by atoms with Crippen LogP contribution >= 0.6 is 0 Å². The van der Waals surface area contributed by atoms with Gasteiger partial charge in [-0.3, -0.25) is 14.2 Å². The molecule has 2 aromatic rings. The molecular formula is C13H17N5O3. The van der Waals surface area contributed by atoms with E-state index in [4.69, 9.17) is 4.74 Å².